The van der Waals surface area contributed by atoms with Gasteiger partial charge in [0, 0.05) is 0 Å². The summed E-state index contributed by atoms with van der Waals surface area (Å²) in [6, 6.07) is 6.35. The van der Waals surface area contributed by atoms with Crippen LogP contribution in [-0.4, -0.2) is 33.0 Å². The molecule has 0 bridgehead atoms. The van der Waals surface area contributed by atoms with Gasteiger partial charge < -0.3 is 10.4 Å². The number of fused-ring (bicyclic) bond motifs is 1. The van der Waals surface area contributed by atoms with Crippen molar-refractivity contribution >= 4 is 22.9 Å². The lowest BCUT2D eigenvalue weighted by molar-refractivity contribution is -0.139. The molecule has 2 aromatic rings. The molecule has 1 unspecified atom stereocenters. The van der Waals surface area contributed by atoms with Crippen LogP contribution in [0.25, 0.3) is 11.0 Å². The number of carbonyl (C=O) groups excluding carboxylic acids is 1. The molecule has 1 aromatic heterocycles. The molecule has 3 rings (SSSR count). The number of carbonyl (C=O) groups is 2. The summed E-state index contributed by atoms with van der Waals surface area (Å²) in [6.45, 7) is 0. The highest BCUT2D eigenvalue weighted by Crippen LogP contribution is 2.33. The summed E-state index contributed by atoms with van der Waals surface area (Å²) in [6.07, 6.45) is 3.92. The Morgan fingerprint density at radius 3 is 2.67 bits per heavy atom. The summed E-state index contributed by atoms with van der Waals surface area (Å²) in [5.41, 5.74) is 1.44. The van der Waals surface area contributed by atoms with Gasteiger partial charge in [-0.05, 0) is 24.5 Å². The lowest BCUT2D eigenvalue weighted by Crippen LogP contribution is -2.41. The summed E-state index contributed by atoms with van der Waals surface area (Å²) >= 11 is 0. The van der Waals surface area contributed by atoms with E-state index >= 15 is 0 Å². The molecule has 1 aliphatic carbocycles. The lowest BCUT2D eigenvalue weighted by Gasteiger charge is -2.13. The van der Waals surface area contributed by atoms with Gasteiger partial charge in [-0.1, -0.05) is 25.0 Å². The number of aromatic nitrogens is 2. The Morgan fingerprint density at radius 2 is 2.00 bits per heavy atom. The summed E-state index contributed by atoms with van der Waals surface area (Å²) in [4.78, 5) is 31.7. The van der Waals surface area contributed by atoms with Gasteiger partial charge in [0.2, 0.25) is 0 Å². The average molecular weight is 285 g/mol. The van der Waals surface area contributed by atoms with Crippen molar-refractivity contribution in [2.24, 2.45) is 5.92 Å². The highest BCUT2D eigenvalue weighted by molar-refractivity contribution is 5.96. The van der Waals surface area contributed by atoms with Crippen LogP contribution in [0.3, 0.4) is 0 Å². The second-order valence-electron chi connectivity index (χ2n) is 5.29. The smallest absolute Gasteiger partial charge is 0.326 e. The van der Waals surface area contributed by atoms with Crippen LogP contribution in [0.4, 0.5) is 0 Å². The van der Waals surface area contributed by atoms with Gasteiger partial charge in [-0.15, -0.1) is 0 Å². The van der Waals surface area contributed by atoms with E-state index in [1.807, 2.05) is 12.1 Å². The van der Waals surface area contributed by atoms with Gasteiger partial charge in [-0.3, -0.25) is 9.78 Å². The standard InChI is InChI=1S/C15H15N3O3/c19-14(18-12(15(20)21)7-9-5-6-9)13-8-16-10-3-1-2-4-11(10)17-13/h1-4,8-9,12H,5-7H2,(H,18,19)(H,20,21). The highest BCUT2D eigenvalue weighted by atomic mass is 16.4. The van der Waals surface area contributed by atoms with Gasteiger partial charge in [0.1, 0.15) is 11.7 Å². The number of carboxylic acid groups (broad SMARTS) is 1. The first-order valence-electron chi connectivity index (χ1n) is 6.89. The third kappa shape index (κ3) is 3.16. The van der Waals surface area contributed by atoms with Crippen LogP contribution < -0.4 is 5.32 Å². The van der Waals surface area contributed by atoms with E-state index in [1.54, 1.807) is 12.1 Å². The highest BCUT2D eigenvalue weighted by Gasteiger charge is 2.30. The first-order valence-corrected chi connectivity index (χ1v) is 6.89. The topological polar surface area (TPSA) is 92.2 Å². The van der Waals surface area contributed by atoms with Crippen molar-refractivity contribution in [3.63, 3.8) is 0 Å². The van der Waals surface area contributed by atoms with Crippen molar-refractivity contribution in [1.29, 1.82) is 0 Å². The largest absolute Gasteiger partial charge is 0.480 e. The van der Waals surface area contributed by atoms with Crippen LogP contribution in [-0.2, 0) is 4.79 Å². The Morgan fingerprint density at radius 1 is 1.29 bits per heavy atom. The van der Waals surface area contributed by atoms with Crippen LogP contribution >= 0.6 is 0 Å². The van der Waals surface area contributed by atoms with E-state index in [0.29, 0.717) is 23.4 Å². The molecule has 0 aliphatic heterocycles. The second-order valence-corrected chi connectivity index (χ2v) is 5.29. The molecule has 1 aliphatic rings. The first kappa shape index (κ1) is 13.5. The molecule has 0 saturated heterocycles. The molecule has 1 fully saturated rings. The van der Waals surface area contributed by atoms with E-state index in [0.717, 1.165) is 12.8 Å². The molecule has 1 saturated carbocycles. The molecule has 1 aromatic carbocycles. The maximum atomic E-state index is 12.1. The molecule has 1 amide bonds. The van der Waals surface area contributed by atoms with Crippen LogP contribution in [0.1, 0.15) is 29.8 Å². The summed E-state index contributed by atoms with van der Waals surface area (Å²) < 4.78 is 0. The minimum absolute atomic E-state index is 0.135. The summed E-state index contributed by atoms with van der Waals surface area (Å²) in [5.74, 6) is -1.10. The summed E-state index contributed by atoms with van der Waals surface area (Å²) in [5, 5.41) is 11.7. The van der Waals surface area contributed by atoms with Crippen molar-refractivity contribution in [3.05, 3.63) is 36.2 Å². The fourth-order valence-electron chi connectivity index (χ4n) is 2.21. The zero-order chi connectivity index (χ0) is 14.8. The number of nitrogens with one attached hydrogen (secondary N) is 1. The molecule has 108 valence electrons. The number of hydrogen-bond acceptors (Lipinski definition) is 4. The lowest BCUT2D eigenvalue weighted by atomic mass is 10.1. The van der Waals surface area contributed by atoms with Gasteiger partial charge in [-0.25, -0.2) is 9.78 Å². The number of nitrogens with zero attached hydrogens (tertiary/aromatic N) is 2. The fraction of sp³-hybridized carbons (Fsp3) is 0.333. The average Bonchev–Trinajstić information content (AvgIpc) is 3.30. The monoisotopic (exact) mass is 285 g/mol. The molecular weight excluding hydrogens is 270 g/mol. The third-order valence-corrected chi connectivity index (χ3v) is 3.55. The van der Waals surface area contributed by atoms with E-state index in [-0.39, 0.29) is 5.69 Å². The van der Waals surface area contributed by atoms with E-state index < -0.39 is 17.9 Å². The van der Waals surface area contributed by atoms with E-state index in [9.17, 15) is 9.59 Å². The van der Waals surface area contributed by atoms with Crippen LogP contribution in [0.2, 0.25) is 0 Å². The molecule has 1 atom stereocenters. The van der Waals surface area contributed by atoms with Crippen LogP contribution in [0.5, 0.6) is 0 Å². The van der Waals surface area contributed by atoms with Gasteiger partial charge >= 0.3 is 5.97 Å². The Labute approximate surface area is 121 Å². The van der Waals surface area contributed by atoms with E-state index in [4.69, 9.17) is 5.11 Å². The molecular formula is C15H15N3O3. The normalized spacial score (nSPS) is 15.6. The minimum atomic E-state index is -1.01. The number of amides is 1. The number of para-hydroxylation sites is 2. The van der Waals surface area contributed by atoms with Gasteiger partial charge in [0.15, 0.2) is 0 Å². The second kappa shape index (κ2) is 5.47. The molecule has 6 heteroatoms. The van der Waals surface area contributed by atoms with Gasteiger partial charge in [0.25, 0.3) is 5.91 Å². The minimum Gasteiger partial charge on any atom is -0.480 e. The number of benzene rings is 1. The SMILES string of the molecule is O=C(NC(CC1CC1)C(=O)O)c1cnc2ccccc2n1. The van der Waals surface area contributed by atoms with Crippen molar-refractivity contribution in [3.8, 4) is 0 Å². The fourth-order valence-corrected chi connectivity index (χ4v) is 2.21. The maximum Gasteiger partial charge on any atom is 0.326 e. The number of carboxylic acids is 1. The Bertz CT molecular complexity index is 697. The molecule has 6 nitrogen and oxygen atoms in total. The van der Waals surface area contributed by atoms with Gasteiger partial charge in [-0.2, -0.15) is 0 Å². The van der Waals surface area contributed by atoms with E-state index in [1.165, 1.54) is 6.20 Å². The van der Waals surface area contributed by atoms with Gasteiger partial charge in [0.05, 0.1) is 17.2 Å². The Hall–Kier alpha value is -2.50. The Balaban J connectivity index is 1.77. The quantitative estimate of drug-likeness (QED) is 0.870. The van der Waals surface area contributed by atoms with Crippen molar-refractivity contribution in [2.75, 3.05) is 0 Å². The summed E-state index contributed by atoms with van der Waals surface area (Å²) in [7, 11) is 0. The molecule has 0 spiro atoms. The Kier molecular flexibility index (Phi) is 3.51. The predicted octanol–water partition coefficient (Wildman–Crippen LogP) is 1.61. The predicted molar refractivity (Wildman–Crippen MR) is 75.8 cm³/mol. The van der Waals surface area contributed by atoms with Crippen molar-refractivity contribution < 1.29 is 14.7 Å². The molecule has 2 N–H and O–H groups in total. The zero-order valence-electron chi connectivity index (χ0n) is 11.3. The molecule has 0 radical (unpaired) electrons. The third-order valence-electron chi connectivity index (χ3n) is 3.55. The number of aliphatic carboxylic acids is 1. The van der Waals surface area contributed by atoms with Crippen LogP contribution in [0.15, 0.2) is 30.5 Å². The van der Waals surface area contributed by atoms with E-state index in [2.05, 4.69) is 15.3 Å². The maximum absolute atomic E-state index is 12.1. The van der Waals surface area contributed by atoms with Crippen molar-refractivity contribution in [1.82, 2.24) is 15.3 Å². The first-order chi connectivity index (χ1) is 10.1. The van der Waals surface area contributed by atoms with Crippen molar-refractivity contribution in [2.45, 2.75) is 25.3 Å². The van der Waals surface area contributed by atoms with Crippen LogP contribution in [0, 0.1) is 5.92 Å². The number of rotatable bonds is 5. The molecule has 21 heavy (non-hydrogen) atoms. The number of hydrogen-bond donors (Lipinski definition) is 2. The molecule has 1 heterocycles. The zero-order valence-corrected chi connectivity index (χ0v) is 11.3.